The summed E-state index contributed by atoms with van der Waals surface area (Å²) in [5, 5.41) is 0.532. The summed E-state index contributed by atoms with van der Waals surface area (Å²) < 4.78 is 10.7. The van der Waals surface area contributed by atoms with E-state index in [1.54, 1.807) is 14.2 Å². The lowest BCUT2D eigenvalue weighted by Gasteiger charge is -2.28. The first-order valence-electron chi connectivity index (χ1n) is 8.83. The lowest BCUT2D eigenvalue weighted by Crippen LogP contribution is -2.35. The number of H-pyrrole nitrogens is 1. The fraction of sp³-hybridized carbons (Fsp3) is 0.474. The van der Waals surface area contributed by atoms with Gasteiger partial charge in [0.05, 0.1) is 24.9 Å². The number of nitrogens with zero attached hydrogens (tertiary/aromatic N) is 2. The van der Waals surface area contributed by atoms with Crippen LogP contribution in [0.4, 0.5) is 0 Å². The molecular formula is C19H22ClN3O3. The van der Waals surface area contributed by atoms with Gasteiger partial charge in [-0.15, -0.1) is 0 Å². The van der Waals surface area contributed by atoms with Crippen LogP contribution < -0.4 is 15.0 Å². The lowest BCUT2D eigenvalue weighted by atomic mass is 10.1. The normalized spacial score (nSPS) is 17.0. The van der Waals surface area contributed by atoms with Crippen molar-refractivity contribution in [3.05, 3.63) is 50.2 Å². The molecule has 0 amide bonds. The molecule has 0 atom stereocenters. The van der Waals surface area contributed by atoms with E-state index in [2.05, 4.69) is 9.88 Å². The van der Waals surface area contributed by atoms with Crippen LogP contribution in [0.2, 0.25) is 5.02 Å². The third kappa shape index (κ3) is 3.31. The molecule has 4 rings (SSSR count). The molecule has 1 saturated carbocycles. The molecule has 26 heavy (non-hydrogen) atoms. The summed E-state index contributed by atoms with van der Waals surface area (Å²) in [6, 6.07) is 3.85. The second-order valence-corrected chi connectivity index (χ2v) is 7.33. The number of halogens is 1. The summed E-state index contributed by atoms with van der Waals surface area (Å²) in [4.78, 5) is 22.3. The molecule has 0 unspecified atom stereocenters. The SMILES string of the molecule is COc1cc(CN2CCc3c(nc(C4CC4)[nH]c3=O)C2)cc(Cl)c1OC. The Morgan fingerprint density at radius 2 is 2.12 bits per heavy atom. The van der Waals surface area contributed by atoms with Crippen molar-refractivity contribution in [1.82, 2.24) is 14.9 Å². The molecule has 0 radical (unpaired) electrons. The Hall–Kier alpha value is -2.05. The average molecular weight is 376 g/mol. The molecule has 1 aromatic carbocycles. The number of ether oxygens (including phenoxy) is 2. The van der Waals surface area contributed by atoms with Crippen molar-refractivity contribution in [2.75, 3.05) is 20.8 Å². The van der Waals surface area contributed by atoms with Gasteiger partial charge < -0.3 is 14.5 Å². The number of nitrogens with one attached hydrogen (secondary N) is 1. The summed E-state index contributed by atoms with van der Waals surface area (Å²) >= 11 is 6.31. The topological polar surface area (TPSA) is 67.5 Å². The molecule has 1 N–H and O–H groups in total. The van der Waals surface area contributed by atoms with Crippen molar-refractivity contribution in [3.8, 4) is 11.5 Å². The third-order valence-corrected chi connectivity index (χ3v) is 5.32. The van der Waals surface area contributed by atoms with Gasteiger partial charge in [0.15, 0.2) is 11.5 Å². The van der Waals surface area contributed by atoms with E-state index in [0.29, 0.717) is 41.9 Å². The first-order valence-corrected chi connectivity index (χ1v) is 9.21. The fourth-order valence-electron chi connectivity index (χ4n) is 3.52. The maximum absolute atomic E-state index is 12.3. The van der Waals surface area contributed by atoms with Crippen LogP contribution in [0.15, 0.2) is 16.9 Å². The first kappa shape index (κ1) is 17.4. The molecule has 1 aliphatic carbocycles. The molecule has 0 saturated heterocycles. The lowest BCUT2D eigenvalue weighted by molar-refractivity contribution is 0.239. The van der Waals surface area contributed by atoms with E-state index < -0.39 is 0 Å². The molecule has 2 aliphatic rings. The second kappa shape index (κ2) is 6.93. The van der Waals surface area contributed by atoms with Crippen LogP contribution in [0, 0.1) is 0 Å². The van der Waals surface area contributed by atoms with Gasteiger partial charge in [0.1, 0.15) is 5.82 Å². The Balaban J connectivity index is 1.56. The van der Waals surface area contributed by atoms with Crippen LogP contribution in [0.3, 0.4) is 0 Å². The van der Waals surface area contributed by atoms with Crippen molar-refractivity contribution in [2.45, 2.75) is 38.3 Å². The predicted molar refractivity (Wildman–Crippen MR) is 99.2 cm³/mol. The number of hydrogen-bond donors (Lipinski definition) is 1. The highest BCUT2D eigenvalue weighted by Crippen LogP contribution is 2.38. The minimum absolute atomic E-state index is 0.0331. The summed E-state index contributed by atoms with van der Waals surface area (Å²) in [6.07, 6.45) is 2.95. The van der Waals surface area contributed by atoms with Crippen molar-refractivity contribution >= 4 is 11.6 Å². The smallest absolute Gasteiger partial charge is 0.254 e. The van der Waals surface area contributed by atoms with E-state index in [4.69, 9.17) is 26.1 Å². The van der Waals surface area contributed by atoms with Crippen LogP contribution >= 0.6 is 11.6 Å². The highest BCUT2D eigenvalue weighted by molar-refractivity contribution is 6.32. The van der Waals surface area contributed by atoms with Gasteiger partial charge in [-0.1, -0.05) is 11.6 Å². The number of hydrogen-bond acceptors (Lipinski definition) is 5. The Bertz CT molecular complexity index is 892. The zero-order chi connectivity index (χ0) is 18.3. The van der Waals surface area contributed by atoms with Crippen molar-refractivity contribution in [2.24, 2.45) is 0 Å². The van der Waals surface area contributed by atoms with E-state index in [1.165, 1.54) is 0 Å². The number of benzene rings is 1. The molecule has 138 valence electrons. The molecule has 7 heteroatoms. The van der Waals surface area contributed by atoms with Crippen LogP contribution in [-0.2, 0) is 19.5 Å². The standard InChI is InChI=1S/C19H22ClN3O3/c1-25-16-8-11(7-14(20)17(16)26-2)9-23-6-5-13-15(10-23)21-18(12-3-4-12)22-19(13)24/h7-8,12H,3-6,9-10H2,1-2H3,(H,21,22,24). The van der Waals surface area contributed by atoms with Crippen LogP contribution in [0.1, 0.15) is 41.4 Å². The van der Waals surface area contributed by atoms with E-state index in [1.807, 2.05) is 12.1 Å². The van der Waals surface area contributed by atoms with E-state index in [-0.39, 0.29) is 5.56 Å². The Morgan fingerprint density at radius 1 is 1.31 bits per heavy atom. The molecular weight excluding hydrogens is 354 g/mol. The van der Waals surface area contributed by atoms with Crippen LogP contribution in [0.5, 0.6) is 11.5 Å². The zero-order valence-corrected chi connectivity index (χ0v) is 15.7. The molecule has 1 aromatic heterocycles. The van der Waals surface area contributed by atoms with Gasteiger partial charge >= 0.3 is 0 Å². The molecule has 2 heterocycles. The average Bonchev–Trinajstić information content (AvgIpc) is 3.46. The molecule has 6 nitrogen and oxygen atoms in total. The molecule has 1 fully saturated rings. The monoisotopic (exact) mass is 375 g/mol. The van der Waals surface area contributed by atoms with Crippen molar-refractivity contribution in [1.29, 1.82) is 0 Å². The van der Waals surface area contributed by atoms with E-state index in [9.17, 15) is 4.79 Å². The van der Waals surface area contributed by atoms with Gasteiger partial charge in [-0.3, -0.25) is 9.69 Å². The van der Waals surface area contributed by atoms with Gasteiger partial charge in [-0.25, -0.2) is 4.98 Å². The maximum Gasteiger partial charge on any atom is 0.254 e. The minimum Gasteiger partial charge on any atom is -0.493 e. The number of aromatic nitrogens is 2. The fourth-order valence-corrected chi connectivity index (χ4v) is 3.83. The summed E-state index contributed by atoms with van der Waals surface area (Å²) in [5.41, 5.74) is 2.82. The first-order chi connectivity index (χ1) is 12.6. The molecule has 0 bridgehead atoms. The third-order valence-electron chi connectivity index (χ3n) is 5.03. The zero-order valence-electron chi connectivity index (χ0n) is 15.0. The number of methoxy groups -OCH3 is 2. The Kier molecular flexibility index (Phi) is 4.63. The largest absolute Gasteiger partial charge is 0.493 e. The summed E-state index contributed by atoms with van der Waals surface area (Å²) in [5.74, 6) is 2.46. The number of fused-ring (bicyclic) bond motifs is 1. The van der Waals surface area contributed by atoms with Gasteiger partial charge in [0, 0.05) is 31.1 Å². The van der Waals surface area contributed by atoms with Crippen LogP contribution in [-0.4, -0.2) is 35.6 Å². The summed E-state index contributed by atoms with van der Waals surface area (Å²) in [7, 11) is 3.18. The number of aromatic amines is 1. The second-order valence-electron chi connectivity index (χ2n) is 6.92. The molecule has 0 spiro atoms. The highest BCUT2D eigenvalue weighted by Gasteiger charge is 2.29. The van der Waals surface area contributed by atoms with Crippen molar-refractivity contribution < 1.29 is 9.47 Å². The Labute approximate surface area is 157 Å². The van der Waals surface area contributed by atoms with Crippen molar-refractivity contribution in [3.63, 3.8) is 0 Å². The molecule has 1 aliphatic heterocycles. The maximum atomic E-state index is 12.3. The quantitative estimate of drug-likeness (QED) is 0.870. The highest BCUT2D eigenvalue weighted by atomic mass is 35.5. The molecule has 2 aromatic rings. The van der Waals surface area contributed by atoms with Gasteiger partial charge in [0.25, 0.3) is 5.56 Å². The Morgan fingerprint density at radius 3 is 2.81 bits per heavy atom. The minimum atomic E-state index is 0.0331. The van der Waals surface area contributed by atoms with E-state index in [0.717, 1.165) is 42.0 Å². The predicted octanol–water partition coefficient (Wildman–Crippen LogP) is 2.88. The van der Waals surface area contributed by atoms with Gasteiger partial charge in [0.2, 0.25) is 0 Å². The van der Waals surface area contributed by atoms with E-state index >= 15 is 0 Å². The van der Waals surface area contributed by atoms with Crippen LogP contribution in [0.25, 0.3) is 0 Å². The van der Waals surface area contributed by atoms with Gasteiger partial charge in [-0.05, 0) is 37.0 Å². The number of rotatable bonds is 5. The summed E-state index contributed by atoms with van der Waals surface area (Å²) in [6.45, 7) is 2.20. The van der Waals surface area contributed by atoms with Gasteiger partial charge in [-0.2, -0.15) is 0 Å².